The number of rotatable bonds is 4. The van der Waals surface area contributed by atoms with Crippen molar-refractivity contribution in [2.75, 3.05) is 0 Å². The second kappa shape index (κ2) is 5.41. The molecule has 0 atom stereocenters. The zero-order valence-electron chi connectivity index (χ0n) is 9.91. The van der Waals surface area contributed by atoms with Crippen molar-refractivity contribution >= 4 is 13.6 Å². The molecule has 20 heavy (non-hydrogen) atoms. The third-order valence-corrected chi connectivity index (χ3v) is 2.95. The minimum absolute atomic E-state index is 0.118. The number of aromatic carboxylic acids is 1. The van der Waals surface area contributed by atoms with E-state index in [1.807, 2.05) is 0 Å². The van der Waals surface area contributed by atoms with E-state index in [4.69, 9.17) is 14.9 Å². The quantitative estimate of drug-likeness (QED) is 0.678. The van der Waals surface area contributed by atoms with Gasteiger partial charge in [-0.25, -0.2) is 4.79 Å². The van der Waals surface area contributed by atoms with E-state index < -0.39 is 19.7 Å². The van der Waals surface area contributed by atoms with Gasteiger partial charge in [0, 0.05) is 5.56 Å². The fraction of sp³-hybridized carbons (Fsp3) is 0.100. The normalized spacial score (nSPS) is 11.3. The first-order valence-corrected chi connectivity index (χ1v) is 7.09. The number of nitrogens with zero attached hydrogens (tertiary/aromatic N) is 4. The molecule has 3 N–H and O–H groups in total. The Balaban J connectivity index is 2.21. The van der Waals surface area contributed by atoms with Crippen molar-refractivity contribution in [3.63, 3.8) is 0 Å². The third-order valence-electron chi connectivity index (χ3n) is 2.26. The molecule has 1 aromatic carbocycles. The van der Waals surface area contributed by atoms with Crippen LogP contribution >= 0.6 is 7.60 Å². The Kier molecular flexibility index (Phi) is 3.84. The molecule has 0 fully saturated rings. The van der Waals surface area contributed by atoms with E-state index in [9.17, 15) is 9.36 Å². The van der Waals surface area contributed by atoms with Gasteiger partial charge in [-0.3, -0.25) is 4.57 Å². The van der Waals surface area contributed by atoms with Gasteiger partial charge in [0.25, 0.3) is 0 Å². The van der Waals surface area contributed by atoms with Crippen molar-refractivity contribution in [1.82, 2.24) is 20.4 Å². The molecule has 2 aromatic rings. The summed E-state index contributed by atoms with van der Waals surface area (Å²) in [5, 5.41) is 23.3. The van der Waals surface area contributed by atoms with E-state index in [1.54, 1.807) is 0 Å². The predicted molar refractivity (Wildman–Crippen MR) is 65.8 cm³/mol. The molecule has 0 aliphatic heterocycles. The second-order valence-electron chi connectivity index (χ2n) is 3.85. The van der Waals surface area contributed by atoms with Crippen LogP contribution < -0.4 is 0 Å². The summed E-state index contributed by atoms with van der Waals surface area (Å²) in [5.74, 6) is -1.08. The minimum atomic E-state index is -4.26. The summed E-state index contributed by atoms with van der Waals surface area (Å²) in [5.41, 5.74) is 0.616. The molecule has 0 spiro atoms. The molecular formula is C10H9N4O5P. The van der Waals surface area contributed by atoms with Crippen LogP contribution in [-0.2, 0) is 10.7 Å². The van der Waals surface area contributed by atoms with E-state index in [0.29, 0.717) is 5.56 Å². The van der Waals surface area contributed by atoms with Crippen LogP contribution in [-0.4, -0.2) is 41.3 Å². The van der Waals surface area contributed by atoms with Crippen LogP contribution in [0.4, 0.5) is 0 Å². The standard InChI is InChI=1S/C10H9N4O5P/c15-10(16)7-3-1-6(2-4-7)9-13-11-8(12-14-9)5-20(17,18)19/h1-4H,5H2,(H,15,16)(H2,17,18,19). The number of hydrogen-bond acceptors (Lipinski definition) is 6. The van der Waals surface area contributed by atoms with E-state index in [0.717, 1.165) is 0 Å². The summed E-state index contributed by atoms with van der Waals surface area (Å²) in [4.78, 5) is 28.2. The van der Waals surface area contributed by atoms with E-state index in [2.05, 4.69) is 20.4 Å². The number of benzene rings is 1. The lowest BCUT2D eigenvalue weighted by molar-refractivity contribution is 0.0697. The highest BCUT2D eigenvalue weighted by Crippen LogP contribution is 2.37. The predicted octanol–water partition coefficient (Wildman–Crippen LogP) is 0.309. The molecule has 0 radical (unpaired) electrons. The van der Waals surface area contributed by atoms with Crippen molar-refractivity contribution in [3.05, 3.63) is 35.7 Å². The maximum atomic E-state index is 10.8. The lowest BCUT2D eigenvalue weighted by Gasteiger charge is -2.02. The molecule has 0 aliphatic rings. The first-order chi connectivity index (χ1) is 9.35. The molecule has 0 saturated heterocycles. The van der Waals surface area contributed by atoms with Gasteiger partial charge in [-0.2, -0.15) is 0 Å². The fourth-order valence-electron chi connectivity index (χ4n) is 1.37. The van der Waals surface area contributed by atoms with Crippen molar-refractivity contribution in [3.8, 4) is 11.4 Å². The topological polar surface area (TPSA) is 146 Å². The molecule has 10 heteroatoms. The van der Waals surface area contributed by atoms with Crippen LogP contribution in [0.1, 0.15) is 16.2 Å². The van der Waals surface area contributed by atoms with E-state index >= 15 is 0 Å². The number of carbonyl (C=O) groups is 1. The highest BCUT2D eigenvalue weighted by atomic mass is 31.2. The number of carboxylic acid groups (broad SMARTS) is 1. The average molecular weight is 296 g/mol. The highest BCUT2D eigenvalue weighted by molar-refractivity contribution is 7.50. The van der Waals surface area contributed by atoms with Gasteiger partial charge >= 0.3 is 13.6 Å². The SMILES string of the molecule is O=C(O)c1ccc(-c2nnc(CP(=O)(O)O)nn2)cc1. The van der Waals surface area contributed by atoms with E-state index in [-0.39, 0.29) is 17.2 Å². The largest absolute Gasteiger partial charge is 0.478 e. The van der Waals surface area contributed by atoms with Crippen LogP contribution in [0.2, 0.25) is 0 Å². The molecular weight excluding hydrogens is 287 g/mol. The van der Waals surface area contributed by atoms with Gasteiger partial charge in [-0.05, 0) is 12.1 Å². The summed E-state index contributed by atoms with van der Waals surface area (Å²) in [6.07, 6.45) is -0.634. The molecule has 0 amide bonds. The lowest BCUT2D eigenvalue weighted by atomic mass is 10.1. The van der Waals surface area contributed by atoms with Crippen molar-refractivity contribution in [2.24, 2.45) is 0 Å². The van der Waals surface area contributed by atoms with Gasteiger partial charge in [0.15, 0.2) is 5.82 Å². The molecule has 2 rings (SSSR count). The Hall–Kier alpha value is -2.22. The van der Waals surface area contributed by atoms with Gasteiger partial charge in [-0.15, -0.1) is 20.4 Å². The Labute approximate surface area is 112 Å². The van der Waals surface area contributed by atoms with Crippen LogP contribution in [0.15, 0.2) is 24.3 Å². The third kappa shape index (κ3) is 3.64. The van der Waals surface area contributed by atoms with Crippen LogP contribution in [0.5, 0.6) is 0 Å². The zero-order chi connectivity index (χ0) is 14.8. The minimum Gasteiger partial charge on any atom is -0.478 e. The molecule has 0 saturated carbocycles. The maximum absolute atomic E-state index is 10.8. The molecule has 0 aliphatic carbocycles. The monoisotopic (exact) mass is 296 g/mol. The Bertz CT molecular complexity index is 667. The molecule has 9 nitrogen and oxygen atoms in total. The molecule has 1 aromatic heterocycles. The molecule has 0 unspecified atom stereocenters. The van der Waals surface area contributed by atoms with Gasteiger partial charge in [0.2, 0.25) is 5.82 Å². The number of aromatic nitrogens is 4. The van der Waals surface area contributed by atoms with Gasteiger partial charge in [0.1, 0.15) is 6.16 Å². The summed E-state index contributed by atoms with van der Waals surface area (Å²) >= 11 is 0. The lowest BCUT2D eigenvalue weighted by Crippen LogP contribution is -2.03. The number of carboxylic acids is 1. The van der Waals surface area contributed by atoms with Crippen molar-refractivity contribution in [1.29, 1.82) is 0 Å². The first kappa shape index (κ1) is 14.2. The summed E-state index contributed by atoms with van der Waals surface area (Å²) in [6, 6.07) is 5.74. The Morgan fingerprint density at radius 1 is 1.05 bits per heavy atom. The second-order valence-corrected chi connectivity index (χ2v) is 5.49. The van der Waals surface area contributed by atoms with Gasteiger partial charge in [0.05, 0.1) is 5.56 Å². The van der Waals surface area contributed by atoms with E-state index in [1.165, 1.54) is 24.3 Å². The molecule has 104 valence electrons. The van der Waals surface area contributed by atoms with Gasteiger partial charge < -0.3 is 14.9 Å². The van der Waals surface area contributed by atoms with Gasteiger partial charge in [-0.1, -0.05) is 12.1 Å². The van der Waals surface area contributed by atoms with Crippen LogP contribution in [0, 0.1) is 0 Å². The fourth-order valence-corrected chi connectivity index (χ4v) is 1.87. The number of hydrogen-bond donors (Lipinski definition) is 3. The Morgan fingerprint density at radius 2 is 1.60 bits per heavy atom. The molecule has 0 bridgehead atoms. The summed E-state index contributed by atoms with van der Waals surface area (Å²) in [6.45, 7) is 0. The van der Waals surface area contributed by atoms with Crippen molar-refractivity contribution in [2.45, 2.75) is 6.16 Å². The maximum Gasteiger partial charge on any atom is 0.335 e. The first-order valence-electron chi connectivity index (χ1n) is 5.30. The summed E-state index contributed by atoms with van der Waals surface area (Å²) < 4.78 is 10.8. The van der Waals surface area contributed by atoms with Crippen LogP contribution in [0.3, 0.4) is 0 Å². The highest BCUT2D eigenvalue weighted by Gasteiger charge is 2.17. The van der Waals surface area contributed by atoms with Crippen LogP contribution in [0.25, 0.3) is 11.4 Å². The van der Waals surface area contributed by atoms with Crippen molar-refractivity contribution < 1.29 is 24.3 Å². The smallest absolute Gasteiger partial charge is 0.335 e. The molecule has 1 heterocycles. The Morgan fingerprint density at radius 3 is 2.05 bits per heavy atom. The average Bonchev–Trinajstić information content (AvgIpc) is 2.38. The zero-order valence-corrected chi connectivity index (χ0v) is 10.8. The summed E-state index contributed by atoms with van der Waals surface area (Å²) in [7, 11) is -4.26.